The lowest BCUT2D eigenvalue weighted by Crippen LogP contribution is -2.44. The molecule has 1 N–H and O–H groups in total. The SMILES string of the molecule is CN1CCN(c2nc3ccc(NC(=O)c4ccc([N+](=O)[O-])cc4)cc3s2)CC1. The van der Waals surface area contributed by atoms with E-state index >= 15 is 0 Å². The first-order valence-corrected chi connectivity index (χ1v) is 9.71. The smallest absolute Gasteiger partial charge is 0.269 e. The van der Waals surface area contributed by atoms with Gasteiger partial charge in [-0.25, -0.2) is 4.98 Å². The summed E-state index contributed by atoms with van der Waals surface area (Å²) in [5.41, 5.74) is 1.91. The quantitative estimate of drug-likeness (QED) is 0.537. The first-order chi connectivity index (χ1) is 13.5. The van der Waals surface area contributed by atoms with Crippen molar-refractivity contribution >= 4 is 44.0 Å². The highest BCUT2D eigenvalue weighted by Gasteiger charge is 2.18. The van der Waals surface area contributed by atoms with E-state index < -0.39 is 4.92 Å². The third-order valence-corrected chi connectivity index (χ3v) is 5.83. The van der Waals surface area contributed by atoms with Crippen LogP contribution in [0.25, 0.3) is 10.2 Å². The van der Waals surface area contributed by atoms with E-state index in [4.69, 9.17) is 4.98 Å². The number of amides is 1. The number of piperazine rings is 1. The summed E-state index contributed by atoms with van der Waals surface area (Å²) in [6.07, 6.45) is 0. The van der Waals surface area contributed by atoms with E-state index in [9.17, 15) is 14.9 Å². The lowest BCUT2D eigenvalue weighted by molar-refractivity contribution is -0.384. The summed E-state index contributed by atoms with van der Waals surface area (Å²) < 4.78 is 1.01. The number of carbonyl (C=O) groups is 1. The van der Waals surface area contributed by atoms with E-state index in [1.807, 2.05) is 18.2 Å². The Morgan fingerprint density at radius 2 is 1.86 bits per heavy atom. The second-order valence-electron chi connectivity index (χ2n) is 6.73. The number of hydrogen-bond donors (Lipinski definition) is 1. The average Bonchev–Trinajstić information content (AvgIpc) is 3.12. The van der Waals surface area contributed by atoms with E-state index in [2.05, 4.69) is 22.2 Å². The van der Waals surface area contributed by atoms with Gasteiger partial charge in [0.1, 0.15) is 0 Å². The molecule has 1 saturated heterocycles. The zero-order chi connectivity index (χ0) is 19.7. The molecule has 1 fully saturated rings. The molecule has 144 valence electrons. The molecular weight excluding hydrogens is 378 g/mol. The molecule has 0 spiro atoms. The van der Waals surface area contributed by atoms with E-state index in [-0.39, 0.29) is 11.6 Å². The molecule has 1 aliphatic rings. The fourth-order valence-electron chi connectivity index (χ4n) is 3.06. The molecule has 1 aliphatic heterocycles. The summed E-state index contributed by atoms with van der Waals surface area (Å²) in [5, 5.41) is 14.6. The van der Waals surface area contributed by atoms with Gasteiger partial charge < -0.3 is 15.1 Å². The Morgan fingerprint density at radius 1 is 1.14 bits per heavy atom. The van der Waals surface area contributed by atoms with E-state index in [1.165, 1.54) is 24.3 Å². The molecule has 0 radical (unpaired) electrons. The van der Waals surface area contributed by atoms with Crippen molar-refractivity contribution in [2.45, 2.75) is 0 Å². The van der Waals surface area contributed by atoms with Crippen LogP contribution in [-0.4, -0.2) is 53.9 Å². The zero-order valence-electron chi connectivity index (χ0n) is 15.3. The second kappa shape index (κ2) is 7.53. The number of nitrogens with one attached hydrogen (secondary N) is 1. The predicted molar refractivity (Wildman–Crippen MR) is 110 cm³/mol. The molecule has 0 bridgehead atoms. The summed E-state index contributed by atoms with van der Waals surface area (Å²) in [6.45, 7) is 3.96. The molecule has 8 nitrogen and oxygen atoms in total. The number of benzene rings is 2. The standard InChI is InChI=1S/C19H19N5O3S/c1-22-8-10-23(11-9-22)19-21-16-7-4-14(12-17(16)28-19)20-18(25)13-2-5-15(6-3-13)24(26)27/h2-7,12H,8-11H2,1H3,(H,20,25). The third kappa shape index (κ3) is 3.80. The lowest BCUT2D eigenvalue weighted by atomic mass is 10.2. The van der Waals surface area contributed by atoms with Crippen LogP contribution in [-0.2, 0) is 0 Å². The molecule has 1 amide bonds. The Labute approximate surface area is 165 Å². The number of likely N-dealkylation sites (N-methyl/N-ethyl adjacent to an activating group) is 1. The van der Waals surface area contributed by atoms with E-state index in [0.717, 1.165) is 41.5 Å². The number of carbonyl (C=O) groups excluding carboxylic acids is 1. The van der Waals surface area contributed by atoms with Crippen molar-refractivity contribution in [3.05, 3.63) is 58.1 Å². The lowest BCUT2D eigenvalue weighted by Gasteiger charge is -2.31. The summed E-state index contributed by atoms with van der Waals surface area (Å²) in [6, 6.07) is 11.2. The number of hydrogen-bond acceptors (Lipinski definition) is 7. The maximum atomic E-state index is 12.4. The highest BCUT2D eigenvalue weighted by atomic mass is 32.1. The minimum Gasteiger partial charge on any atom is -0.345 e. The predicted octanol–water partition coefficient (Wildman–Crippen LogP) is 3.21. The first-order valence-electron chi connectivity index (χ1n) is 8.89. The minimum atomic E-state index is -0.489. The number of aromatic nitrogens is 1. The fourth-order valence-corrected chi connectivity index (χ4v) is 4.12. The number of thiazole rings is 1. The number of rotatable bonds is 4. The van der Waals surface area contributed by atoms with E-state index in [0.29, 0.717) is 11.3 Å². The summed E-state index contributed by atoms with van der Waals surface area (Å²) in [7, 11) is 2.12. The molecule has 0 aliphatic carbocycles. The maximum absolute atomic E-state index is 12.4. The Kier molecular flexibility index (Phi) is 4.93. The molecule has 0 atom stereocenters. The minimum absolute atomic E-state index is 0.0425. The van der Waals surface area contributed by atoms with Gasteiger partial charge in [-0.05, 0) is 37.4 Å². The topological polar surface area (TPSA) is 91.6 Å². The molecule has 1 aromatic heterocycles. The Bertz CT molecular complexity index is 1030. The van der Waals surface area contributed by atoms with Crippen LogP contribution in [0.4, 0.5) is 16.5 Å². The van der Waals surface area contributed by atoms with Crippen molar-refractivity contribution in [2.75, 3.05) is 43.4 Å². The molecule has 4 rings (SSSR count). The van der Waals surface area contributed by atoms with Gasteiger partial charge in [-0.15, -0.1) is 0 Å². The molecule has 0 saturated carbocycles. The molecule has 28 heavy (non-hydrogen) atoms. The molecule has 2 heterocycles. The molecular formula is C19H19N5O3S. The van der Waals surface area contributed by atoms with Crippen molar-refractivity contribution in [3.63, 3.8) is 0 Å². The molecule has 2 aromatic carbocycles. The van der Waals surface area contributed by atoms with Crippen molar-refractivity contribution in [2.24, 2.45) is 0 Å². The van der Waals surface area contributed by atoms with Gasteiger partial charge in [0.05, 0.1) is 15.1 Å². The van der Waals surface area contributed by atoms with Crippen LogP contribution in [0.3, 0.4) is 0 Å². The van der Waals surface area contributed by atoms with Crippen molar-refractivity contribution < 1.29 is 9.72 Å². The largest absolute Gasteiger partial charge is 0.345 e. The Balaban J connectivity index is 1.49. The van der Waals surface area contributed by atoms with Crippen molar-refractivity contribution in [1.29, 1.82) is 0 Å². The highest BCUT2D eigenvalue weighted by molar-refractivity contribution is 7.22. The van der Waals surface area contributed by atoms with Crippen LogP contribution in [0.15, 0.2) is 42.5 Å². The number of nitro groups is 1. The van der Waals surface area contributed by atoms with Crippen LogP contribution >= 0.6 is 11.3 Å². The first kappa shape index (κ1) is 18.3. The van der Waals surface area contributed by atoms with Gasteiger partial charge in [0.25, 0.3) is 11.6 Å². The van der Waals surface area contributed by atoms with Gasteiger partial charge in [-0.3, -0.25) is 14.9 Å². The Hall–Kier alpha value is -3.04. The number of nitro benzene ring substituents is 1. The van der Waals surface area contributed by atoms with Gasteiger partial charge in [0, 0.05) is 49.6 Å². The average molecular weight is 397 g/mol. The van der Waals surface area contributed by atoms with Gasteiger partial charge in [-0.2, -0.15) is 0 Å². The van der Waals surface area contributed by atoms with Crippen molar-refractivity contribution in [3.8, 4) is 0 Å². The maximum Gasteiger partial charge on any atom is 0.269 e. The molecule has 0 unspecified atom stereocenters. The van der Waals surface area contributed by atoms with Crippen LogP contribution in [0.2, 0.25) is 0 Å². The van der Waals surface area contributed by atoms with Gasteiger partial charge >= 0.3 is 0 Å². The fraction of sp³-hybridized carbons (Fsp3) is 0.263. The van der Waals surface area contributed by atoms with Crippen LogP contribution in [0.1, 0.15) is 10.4 Å². The summed E-state index contributed by atoms with van der Waals surface area (Å²) in [4.78, 5) is 32.0. The zero-order valence-corrected chi connectivity index (χ0v) is 16.1. The summed E-state index contributed by atoms with van der Waals surface area (Å²) >= 11 is 1.62. The van der Waals surface area contributed by atoms with Crippen LogP contribution < -0.4 is 10.2 Å². The summed E-state index contributed by atoms with van der Waals surface area (Å²) in [5.74, 6) is -0.307. The number of non-ortho nitro benzene ring substituents is 1. The Morgan fingerprint density at radius 3 is 2.54 bits per heavy atom. The second-order valence-corrected chi connectivity index (χ2v) is 7.74. The van der Waals surface area contributed by atoms with E-state index in [1.54, 1.807) is 11.3 Å². The van der Waals surface area contributed by atoms with Crippen LogP contribution in [0, 0.1) is 10.1 Å². The monoisotopic (exact) mass is 397 g/mol. The van der Waals surface area contributed by atoms with Gasteiger partial charge in [-0.1, -0.05) is 11.3 Å². The van der Waals surface area contributed by atoms with Crippen LogP contribution in [0.5, 0.6) is 0 Å². The van der Waals surface area contributed by atoms with Gasteiger partial charge in [0.2, 0.25) is 0 Å². The molecule has 9 heteroatoms. The van der Waals surface area contributed by atoms with Gasteiger partial charge in [0.15, 0.2) is 5.13 Å². The number of nitrogens with zero attached hydrogens (tertiary/aromatic N) is 4. The highest BCUT2D eigenvalue weighted by Crippen LogP contribution is 2.31. The number of fused-ring (bicyclic) bond motifs is 1. The van der Waals surface area contributed by atoms with Crippen molar-refractivity contribution in [1.82, 2.24) is 9.88 Å². The molecule has 3 aromatic rings. The normalized spacial score (nSPS) is 15.0. The third-order valence-electron chi connectivity index (χ3n) is 4.75. The number of anilines is 2.